The Hall–Kier alpha value is -2.18. The first-order valence-corrected chi connectivity index (χ1v) is 9.85. The lowest BCUT2D eigenvalue weighted by atomic mass is 10.2. The average Bonchev–Trinajstić information content (AvgIpc) is 3.09. The van der Waals surface area contributed by atoms with E-state index in [0.717, 1.165) is 16.3 Å². The van der Waals surface area contributed by atoms with E-state index in [1.54, 1.807) is 11.8 Å². The SMILES string of the molecule is Cc1ccc(-c2nnc(NC(=O)[C@@H](C)SCc3ccccc3)s2)cc1. The van der Waals surface area contributed by atoms with Crippen molar-refractivity contribution in [3.8, 4) is 10.6 Å². The van der Waals surface area contributed by atoms with Gasteiger partial charge in [-0.15, -0.1) is 22.0 Å². The minimum absolute atomic E-state index is 0.0486. The summed E-state index contributed by atoms with van der Waals surface area (Å²) in [5, 5.41) is 12.3. The summed E-state index contributed by atoms with van der Waals surface area (Å²) in [6.07, 6.45) is 0. The molecule has 3 aromatic rings. The summed E-state index contributed by atoms with van der Waals surface area (Å²) in [6.45, 7) is 3.95. The van der Waals surface area contributed by atoms with Crippen molar-refractivity contribution in [3.63, 3.8) is 0 Å². The summed E-state index contributed by atoms with van der Waals surface area (Å²) in [7, 11) is 0. The van der Waals surface area contributed by atoms with Gasteiger partial charge in [0.05, 0.1) is 5.25 Å². The lowest BCUT2D eigenvalue weighted by Crippen LogP contribution is -2.22. The zero-order chi connectivity index (χ0) is 17.6. The Morgan fingerprint density at radius 2 is 1.84 bits per heavy atom. The topological polar surface area (TPSA) is 54.9 Å². The molecule has 0 unspecified atom stereocenters. The monoisotopic (exact) mass is 369 g/mol. The smallest absolute Gasteiger partial charge is 0.239 e. The molecule has 1 heterocycles. The number of aryl methyl sites for hydroxylation is 1. The van der Waals surface area contributed by atoms with Gasteiger partial charge in [-0.25, -0.2) is 0 Å². The molecule has 0 aliphatic carbocycles. The van der Waals surface area contributed by atoms with Crippen LogP contribution in [0.25, 0.3) is 10.6 Å². The highest BCUT2D eigenvalue weighted by Crippen LogP contribution is 2.27. The van der Waals surface area contributed by atoms with Crippen molar-refractivity contribution in [2.75, 3.05) is 5.32 Å². The Morgan fingerprint density at radius 3 is 2.56 bits per heavy atom. The molecule has 6 heteroatoms. The number of aromatic nitrogens is 2. The molecule has 0 saturated heterocycles. The summed E-state index contributed by atoms with van der Waals surface area (Å²) in [4.78, 5) is 12.3. The number of rotatable bonds is 6. The fourth-order valence-corrected chi connectivity index (χ4v) is 3.76. The van der Waals surface area contributed by atoms with Crippen LogP contribution < -0.4 is 5.32 Å². The van der Waals surface area contributed by atoms with Crippen molar-refractivity contribution in [1.29, 1.82) is 0 Å². The highest BCUT2D eigenvalue weighted by molar-refractivity contribution is 7.99. The third-order valence-electron chi connectivity index (χ3n) is 3.67. The van der Waals surface area contributed by atoms with Crippen LogP contribution in [0.1, 0.15) is 18.1 Å². The van der Waals surface area contributed by atoms with Crippen molar-refractivity contribution >= 4 is 34.1 Å². The van der Waals surface area contributed by atoms with Crippen LogP contribution in [0.3, 0.4) is 0 Å². The Balaban J connectivity index is 1.56. The predicted octanol–water partition coefficient (Wildman–Crippen LogP) is 4.77. The highest BCUT2D eigenvalue weighted by atomic mass is 32.2. The molecule has 4 nitrogen and oxygen atoms in total. The number of hydrogen-bond acceptors (Lipinski definition) is 5. The second-order valence-corrected chi connectivity index (χ2v) is 8.01. The first kappa shape index (κ1) is 17.6. The van der Waals surface area contributed by atoms with E-state index >= 15 is 0 Å². The van der Waals surface area contributed by atoms with E-state index < -0.39 is 0 Å². The molecule has 0 aliphatic rings. The van der Waals surface area contributed by atoms with Crippen molar-refractivity contribution in [2.45, 2.75) is 24.9 Å². The number of anilines is 1. The number of nitrogens with zero attached hydrogens (tertiary/aromatic N) is 2. The molecule has 2 aromatic carbocycles. The van der Waals surface area contributed by atoms with E-state index in [-0.39, 0.29) is 11.2 Å². The quantitative estimate of drug-likeness (QED) is 0.680. The van der Waals surface area contributed by atoms with Gasteiger partial charge in [0.1, 0.15) is 5.01 Å². The summed E-state index contributed by atoms with van der Waals surface area (Å²) >= 11 is 2.99. The summed E-state index contributed by atoms with van der Waals surface area (Å²) in [5.74, 6) is 0.757. The van der Waals surface area contributed by atoms with Gasteiger partial charge >= 0.3 is 0 Å². The third-order valence-corrected chi connectivity index (χ3v) is 5.77. The van der Waals surface area contributed by atoms with Crippen molar-refractivity contribution in [1.82, 2.24) is 10.2 Å². The normalized spacial score (nSPS) is 11.9. The van der Waals surface area contributed by atoms with Gasteiger partial charge in [-0.2, -0.15) is 0 Å². The van der Waals surface area contributed by atoms with E-state index in [4.69, 9.17) is 0 Å². The molecule has 0 fully saturated rings. The highest BCUT2D eigenvalue weighted by Gasteiger charge is 2.16. The van der Waals surface area contributed by atoms with Gasteiger partial charge in [0.25, 0.3) is 0 Å². The number of nitrogens with one attached hydrogen (secondary N) is 1. The van der Waals surface area contributed by atoms with Gasteiger partial charge in [-0.3, -0.25) is 10.1 Å². The first-order chi connectivity index (χ1) is 12.1. The van der Waals surface area contributed by atoms with Crippen LogP contribution in [-0.2, 0) is 10.5 Å². The minimum Gasteiger partial charge on any atom is -0.300 e. The third kappa shape index (κ3) is 4.90. The molecule has 1 amide bonds. The Labute approximate surface area is 155 Å². The summed E-state index contributed by atoms with van der Waals surface area (Å²) in [6, 6.07) is 18.2. The molecule has 0 aliphatic heterocycles. The van der Waals surface area contributed by atoms with Gasteiger partial charge in [0.2, 0.25) is 11.0 Å². The van der Waals surface area contributed by atoms with Crippen LogP contribution in [0.2, 0.25) is 0 Å². The van der Waals surface area contributed by atoms with E-state index in [1.807, 2.05) is 56.3 Å². The summed E-state index contributed by atoms with van der Waals surface area (Å²) in [5.41, 5.74) is 3.42. The molecule has 0 saturated carbocycles. The van der Waals surface area contributed by atoms with Crippen LogP contribution in [0, 0.1) is 6.92 Å². The van der Waals surface area contributed by atoms with Crippen molar-refractivity contribution in [3.05, 3.63) is 65.7 Å². The predicted molar refractivity (Wildman–Crippen MR) is 106 cm³/mol. The molecule has 1 atom stereocenters. The van der Waals surface area contributed by atoms with Crippen LogP contribution in [0.5, 0.6) is 0 Å². The number of benzene rings is 2. The number of carbonyl (C=O) groups is 1. The zero-order valence-electron chi connectivity index (χ0n) is 14.1. The van der Waals surface area contributed by atoms with Crippen LogP contribution in [0.15, 0.2) is 54.6 Å². The van der Waals surface area contributed by atoms with Gasteiger partial charge in [0.15, 0.2) is 0 Å². The number of amides is 1. The molecule has 128 valence electrons. The molecule has 0 spiro atoms. The van der Waals surface area contributed by atoms with Crippen LogP contribution in [0.4, 0.5) is 5.13 Å². The van der Waals surface area contributed by atoms with Crippen molar-refractivity contribution < 1.29 is 4.79 Å². The van der Waals surface area contributed by atoms with Gasteiger partial charge in [-0.05, 0) is 19.4 Å². The Morgan fingerprint density at radius 1 is 1.12 bits per heavy atom. The molecule has 3 rings (SSSR count). The lowest BCUT2D eigenvalue weighted by Gasteiger charge is -2.10. The van der Waals surface area contributed by atoms with E-state index in [9.17, 15) is 4.79 Å². The average molecular weight is 370 g/mol. The summed E-state index contributed by atoms with van der Waals surface area (Å²) < 4.78 is 0. The molecule has 1 aromatic heterocycles. The first-order valence-electron chi connectivity index (χ1n) is 7.99. The fourth-order valence-electron chi connectivity index (χ4n) is 2.16. The maximum absolute atomic E-state index is 12.3. The van der Waals surface area contributed by atoms with Crippen LogP contribution in [-0.4, -0.2) is 21.4 Å². The van der Waals surface area contributed by atoms with Gasteiger partial charge < -0.3 is 0 Å². The number of carbonyl (C=O) groups excluding carboxylic acids is 1. The molecule has 1 N–H and O–H groups in total. The molecular formula is C19H19N3OS2. The molecule has 25 heavy (non-hydrogen) atoms. The van der Waals surface area contributed by atoms with Gasteiger partial charge in [0, 0.05) is 11.3 Å². The molecule has 0 bridgehead atoms. The second-order valence-electron chi connectivity index (χ2n) is 5.71. The largest absolute Gasteiger partial charge is 0.300 e. The second kappa shape index (κ2) is 8.27. The van der Waals surface area contributed by atoms with Crippen molar-refractivity contribution in [2.24, 2.45) is 0 Å². The van der Waals surface area contributed by atoms with Crippen LogP contribution >= 0.6 is 23.1 Å². The fraction of sp³-hybridized carbons (Fsp3) is 0.211. The molecule has 0 radical (unpaired) electrons. The zero-order valence-corrected chi connectivity index (χ0v) is 15.7. The number of thioether (sulfide) groups is 1. The standard InChI is InChI=1S/C19H19N3OS2/c1-13-8-10-16(11-9-13)18-21-22-19(25-18)20-17(23)14(2)24-12-15-6-4-3-5-7-15/h3-11,14H,12H2,1-2H3,(H,20,22,23)/t14-/m1/s1. The van der Waals surface area contributed by atoms with E-state index in [1.165, 1.54) is 22.5 Å². The van der Waals surface area contributed by atoms with E-state index in [2.05, 4.69) is 27.6 Å². The Kier molecular flexibility index (Phi) is 5.83. The maximum Gasteiger partial charge on any atom is 0.239 e. The van der Waals surface area contributed by atoms with E-state index in [0.29, 0.717) is 5.13 Å². The maximum atomic E-state index is 12.3. The number of hydrogen-bond donors (Lipinski definition) is 1. The molecular weight excluding hydrogens is 350 g/mol. The minimum atomic E-state index is -0.160. The van der Waals surface area contributed by atoms with Gasteiger partial charge in [-0.1, -0.05) is 71.5 Å². The Bertz CT molecular complexity index is 831. The lowest BCUT2D eigenvalue weighted by molar-refractivity contribution is -0.115.